The van der Waals surface area contributed by atoms with E-state index >= 15 is 0 Å². The second-order valence-corrected chi connectivity index (χ2v) is 7.06. The highest BCUT2D eigenvalue weighted by Crippen LogP contribution is 2.36. The number of fused-ring (bicyclic) bond motifs is 3. The summed E-state index contributed by atoms with van der Waals surface area (Å²) in [6.07, 6.45) is 4.87. The first-order valence-corrected chi connectivity index (χ1v) is 9.00. The van der Waals surface area contributed by atoms with E-state index < -0.39 is 0 Å². The Labute approximate surface area is 151 Å². The van der Waals surface area contributed by atoms with E-state index in [0.29, 0.717) is 0 Å². The van der Waals surface area contributed by atoms with Gasteiger partial charge in [0.05, 0.1) is 0 Å². The van der Waals surface area contributed by atoms with Crippen LogP contribution in [0.25, 0.3) is 31.3 Å². The standard InChI is InChI=1S/C22H18N2S/c1-24(14-4-13-23)18-10-7-16(8-11-18)17-9-12-20-19-5-2-3-6-21(19)25-22(20)15-17/h2-15,23H,1H3/b14-4-,23-13?. The van der Waals surface area contributed by atoms with Crippen molar-refractivity contribution >= 4 is 43.4 Å². The minimum atomic E-state index is 1.10. The van der Waals surface area contributed by atoms with Crippen LogP contribution in [0, 0.1) is 5.41 Å². The molecule has 1 N–H and O–H groups in total. The molecule has 0 unspecified atom stereocenters. The monoisotopic (exact) mass is 342 g/mol. The number of anilines is 1. The summed E-state index contributed by atoms with van der Waals surface area (Å²) in [6.45, 7) is 0. The smallest absolute Gasteiger partial charge is 0.0403 e. The van der Waals surface area contributed by atoms with Crippen LogP contribution < -0.4 is 4.90 Å². The SMILES string of the molecule is CN(/C=C\C=N)c1ccc(-c2ccc3c(c2)sc2ccccc23)cc1. The Morgan fingerprint density at radius 3 is 2.36 bits per heavy atom. The molecule has 3 heteroatoms. The van der Waals surface area contributed by atoms with Gasteiger partial charge in [-0.1, -0.05) is 42.5 Å². The molecule has 0 saturated carbocycles. The molecule has 1 aromatic heterocycles. The summed E-state index contributed by atoms with van der Waals surface area (Å²) in [6, 6.07) is 23.8. The molecule has 0 amide bonds. The van der Waals surface area contributed by atoms with Crippen LogP contribution in [-0.2, 0) is 0 Å². The average molecular weight is 342 g/mol. The van der Waals surface area contributed by atoms with Gasteiger partial charge in [0.25, 0.3) is 0 Å². The second-order valence-electron chi connectivity index (χ2n) is 5.98. The molecule has 0 radical (unpaired) electrons. The van der Waals surface area contributed by atoms with Gasteiger partial charge in [0.15, 0.2) is 0 Å². The number of benzene rings is 3. The highest BCUT2D eigenvalue weighted by Gasteiger charge is 2.06. The third kappa shape index (κ3) is 2.94. The van der Waals surface area contributed by atoms with E-state index in [4.69, 9.17) is 5.41 Å². The summed E-state index contributed by atoms with van der Waals surface area (Å²) in [7, 11) is 1.98. The molecular weight excluding hydrogens is 324 g/mol. The molecule has 2 nitrogen and oxygen atoms in total. The Morgan fingerprint density at radius 2 is 1.56 bits per heavy atom. The zero-order valence-corrected chi connectivity index (χ0v) is 14.8. The lowest BCUT2D eigenvalue weighted by atomic mass is 10.0. The Morgan fingerprint density at radius 1 is 0.840 bits per heavy atom. The van der Waals surface area contributed by atoms with Crippen LogP contribution >= 0.6 is 11.3 Å². The predicted octanol–water partition coefficient (Wildman–Crippen LogP) is 6.32. The van der Waals surface area contributed by atoms with E-state index in [1.54, 1.807) is 6.08 Å². The normalized spacial score (nSPS) is 11.4. The Balaban J connectivity index is 1.70. The molecule has 4 rings (SSSR count). The Hall–Kier alpha value is -2.91. The molecule has 0 bridgehead atoms. The summed E-state index contributed by atoms with van der Waals surface area (Å²) < 4.78 is 2.67. The fourth-order valence-electron chi connectivity index (χ4n) is 3.05. The van der Waals surface area contributed by atoms with Crippen molar-refractivity contribution in [1.29, 1.82) is 5.41 Å². The molecule has 0 saturated heterocycles. The molecule has 3 aromatic carbocycles. The molecule has 0 fully saturated rings. The number of nitrogens with zero attached hydrogens (tertiary/aromatic N) is 1. The van der Waals surface area contributed by atoms with Gasteiger partial charge in [-0.25, -0.2) is 0 Å². The summed E-state index contributed by atoms with van der Waals surface area (Å²) >= 11 is 1.85. The second kappa shape index (κ2) is 6.54. The Bertz CT molecular complexity index is 1070. The van der Waals surface area contributed by atoms with Crippen LogP contribution in [0.15, 0.2) is 79.0 Å². The molecule has 1 heterocycles. The molecule has 4 aromatic rings. The minimum Gasteiger partial charge on any atom is -0.351 e. The first-order chi connectivity index (χ1) is 12.3. The summed E-state index contributed by atoms with van der Waals surface area (Å²) in [4.78, 5) is 2.00. The highest BCUT2D eigenvalue weighted by molar-refractivity contribution is 7.25. The van der Waals surface area contributed by atoms with Gasteiger partial charge >= 0.3 is 0 Å². The molecule has 0 atom stereocenters. The zero-order chi connectivity index (χ0) is 17.2. The first-order valence-electron chi connectivity index (χ1n) is 8.18. The third-order valence-electron chi connectivity index (χ3n) is 4.39. The van der Waals surface area contributed by atoms with Gasteiger partial charge in [-0.15, -0.1) is 11.3 Å². The van der Waals surface area contributed by atoms with Crippen molar-refractivity contribution in [2.75, 3.05) is 11.9 Å². The lowest BCUT2D eigenvalue weighted by Gasteiger charge is -2.14. The molecule has 0 aliphatic heterocycles. The lowest BCUT2D eigenvalue weighted by Crippen LogP contribution is -2.07. The maximum Gasteiger partial charge on any atom is 0.0403 e. The summed E-state index contributed by atoms with van der Waals surface area (Å²) in [5, 5.41) is 9.74. The van der Waals surface area contributed by atoms with Gasteiger partial charge in [0.2, 0.25) is 0 Å². The van der Waals surface area contributed by atoms with Crippen molar-refractivity contribution in [3.8, 4) is 11.1 Å². The van der Waals surface area contributed by atoms with E-state index in [9.17, 15) is 0 Å². The number of hydrogen-bond donors (Lipinski definition) is 1. The van der Waals surface area contributed by atoms with Crippen LogP contribution in [0.1, 0.15) is 0 Å². The van der Waals surface area contributed by atoms with Crippen LogP contribution in [0.4, 0.5) is 5.69 Å². The largest absolute Gasteiger partial charge is 0.351 e. The van der Waals surface area contributed by atoms with Crippen molar-refractivity contribution in [1.82, 2.24) is 0 Å². The van der Waals surface area contributed by atoms with Gasteiger partial charge < -0.3 is 10.3 Å². The molecule has 25 heavy (non-hydrogen) atoms. The van der Waals surface area contributed by atoms with Crippen LogP contribution in [-0.4, -0.2) is 13.3 Å². The number of hydrogen-bond acceptors (Lipinski definition) is 3. The zero-order valence-electron chi connectivity index (χ0n) is 13.9. The molecule has 0 aliphatic carbocycles. The van der Waals surface area contributed by atoms with Crippen LogP contribution in [0.3, 0.4) is 0 Å². The van der Waals surface area contributed by atoms with E-state index in [1.165, 1.54) is 37.5 Å². The number of thiophene rings is 1. The number of rotatable bonds is 4. The van der Waals surface area contributed by atoms with Gasteiger partial charge in [-0.3, -0.25) is 0 Å². The maximum atomic E-state index is 7.07. The fourth-order valence-corrected chi connectivity index (χ4v) is 4.20. The van der Waals surface area contributed by atoms with E-state index in [1.807, 2.05) is 29.5 Å². The lowest BCUT2D eigenvalue weighted by molar-refractivity contribution is 1.21. The fraction of sp³-hybridized carbons (Fsp3) is 0.0455. The Kier molecular flexibility index (Phi) is 4.08. The predicted molar refractivity (Wildman–Crippen MR) is 111 cm³/mol. The molecular formula is C22H18N2S. The summed E-state index contributed by atoms with van der Waals surface area (Å²) in [5.74, 6) is 0. The maximum absolute atomic E-state index is 7.07. The third-order valence-corrected chi connectivity index (χ3v) is 5.53. The van der Waals surface area contributed by atoms with Crippen molar-refractivity contribution in [2.45, 2.75) is 0 Å². The van der Waals surface area contributed by atoms with Gasteiger partial charge in [0.1, 0.15) is 0 Å². The van der Waals surface area contributed by atoms with E-state index in [2.05, 4.69) is 66.7 Å². The topological polar surface area (TPSA) is 27.1 Å². The number of nitrogens with one attached hydrogen (secondary N) is 1. The van der Waals surface area contributed by atoms with E-state index in [0.717, 1.165) is 5.69 Å². The quantitative estimate of drug-likeness (QED) is 0.432. The minimum absolute atomic E-state index is 1.10. The van der Waals surface area contributed by atoms with Gasteiger partial charge in [0, 0.05) is 45.3 Å². The molecule has 122 valence electrons. The van der Waals surface area contributed by atoms with Crippen molar-refractivity contribution in [2.24, 2.45) is 0 Å². The summed E-state index contributed by atoms with van der Waals surface area (Å²) in [5.41, 5.74) is 3.56. The molecule has 0 spiro atoms. The van der Waals surface area contributed by atoms with Crippen molar-refractivity contribution in [3.05, 3.63) is 79.0 Å². The highest BCUT2D eigenvalue weighted by atomic mass is 32.1. The van der Waals surface area contributed by atoms with Gasteiger partial charge in [-0.2, -0.15) is 0 Å². The van der Waals surface area contributed by atoms with Crippen molar-refractivity contribution in [3.63, 3.8) is 0 Å². The van der Waals surface area contributed by atoms with Crippen molar-refractivity contribution < 1.29 is 0 Å². The van der Waals surface area contributed by atoms with Crippen LogP contribution in [0.5, 0.6) is 0 Å². The van der Waals surface area contributed by atoms with Gasteiger partial charge in [-0.05, 0) is 41.5 Å². The first kappa shape index (κ1) is 15.6. The molecule has 0 aliphatic rings. The van der Waals surface area contributed by atoms with E-state index in [-0.39, 0.29) is 0 Å². The number of allylic oxidation sites excluding steroid dienone is 1. The van der Waals surface area contributed by atoms with Crippen LogP contribution in [0.2, 0.25) is 0 Å². The average Bonchev–Trinajstić information content (AvgIpc) is 3.04.